The van der Waals surface area contributed by atoms with Gasteiger partial charge >= 0.3 is 11.7 Å². The second kappa shape index (κ2) is 5.94. The van der Waals surface area contributed by atoms with Crippen molar-refractivity contribution in [1.29, 1.82) is 0 Å². The van der Waals surface area contributed by atoms with Crippen LogP contribution < -0.4 is 11.2 Å². The quantitative estimate of drug-likeness (QED) is 0.713. The van der Waals surface area contributed by atoms with E-state index >= 15 is 0 Å². The van der Waals surface area contributed by atoms with Gasteiger partial charge in [-0.05, 0) is 31.4 Å². The summed E-state index contributed by atoms with van der Waals surface area (Å²) in [7, 11) is 0. The zero-order valence-corrected chi connectivity index (χ0v) is 14.1. The molecule has 0 amide bonds. The van der Waals surface area contributed by atoms with Crippen molar-refractivity contribution in [3.63, 3.8) is 0 Å². The third kappa shape index (κ3) is 2.52. The number of carboxylic acid groups (broad SMARTS) is 1. The molecule has 3 aromatic rings. The first-order chi connectivity index (χ1) is 12.5. The number of nitrogens with zero attached hydrogens (tertiary/aromatic N) is 4. The summed E-state index contributed by atoms with van der Waals surface area (Å²) in [6, 6.07) is 2.90. The van der Waals surface area contributed by atoms with Crippen molar-refractivity contribution in [3.05, 3.63) is 44.9 Å². The van der Waals surface area contributed by atoms with E-state index in [0.717, 1.165) is 19.3 Å². The van der Waals surface area contributed by atoms with Crippen LogP contribution in [-0.4, -0.2) is 35.2 Å². The molecule has 0 unspecified atom stereocenters. The average molecular weight is 355 g/mol. The van der Waals surface area contributed by atoms with Crippen molar-refractivity contribution in [3.8, 4) is 11.4 Å². The van der Waals surface area contributed by atoms with Crippen molar-refractivity contribution in [1.82, 2.24) is 24.1 Å². The number of carbonyl (C=O) groups is 1. The number of imidazole rings is 1. The summed E-state index contributed by atoms with van der Waals surface area (Å²) in [5.74, 6) is -0.746. The number of aromatic nitrogens is 5. The Morgan fingerprint density at radius 3 is 2.69 bits per heavy atom. The molecule has 134 valence electrons. The minimum absolute atomic E-state index is 0.0363. The van der Waals surface area contributed by atoms with Crippen molar-refractivity contribution < 1.29 is 9.90 Å². The molecular formula is C17H17N5O4. The van der Waals surface area contributed by atoms with E-state index < -0.39 is 5.97 Å². The topological polar surface area (TPSA) is 123 Å². The minimum Gasteiger partial charge on any atom is -0.477 e. The predicted octanol–water partition coefficient (Wildman–Crippen LogP) is 1.39. The van der Waals surface area contributed by atoms with E-state index in [0.29, 0.717) is 23.6 Å². The Morgan fingerprint density at radius 2 is 2.12 bits per heavy atom. The predicted molar refractivity (Wildman–Crippen MR) is 93.4 cm³/mol. The molecular weight excluding hydrogens is 338 g/mol. The Balaban J connectivity index is 1.92. The van der Waals surface area contributed by atoms with Gasteiger partial charge in [-0.1, -0.05) is 6.92 Å². The Labute approximate surface area is 147 Å². The lowest BCUT2D eigenvalue weighted by atomic mass is 10.2. The molecule has 1 aliphatic rings. The number of hydrogen-bond acceptors (Lipinski definition) is 5. The summed E-state index contributed by atoms with van der Waals surface area (Å²) in [6.45, 7) is 2.41. The van der Waals surface area contributed by atoms with Gasteiger partial charge in [0, 0.05) is 24.3 Å². The fourth-order valence-corrected chi connectivity index (χ4v) is 3.01. The van der Waals surface area contributed by atoms with E-state index in [4.69, 9.17) is 5.11 Å². The van der Waals surface area contributed by atoms with Gasteiger partial charge in [0.15, 0.2) is 5.65 Å². The number of hydrogen-bond donors (Lipinski definition) is 2. The molecule has 9 heteroatoms. The van der Waals surface area contributed by atoms with Crippen LogP contribution in [0.2, 0.25) is 0 Å². The minimum atomic E-state index is -1.12. The standard InChI is InChI=1S/C17H17N5O4/c1-2-7-21-14-12(15(23)22(17(21)26)10-4-5-10)19-13(20-14)9-3-6-11(16(24)25)18-8-9/h3,6,8,10H,2,4-5,7H2,1H3,(H,19,20)(H,24,25). The molecule has 0 bridgehead atoms. The largest absolute Gasteiger partial charge is 0.477 e. The molecule has 0 atom stereocenters. The molecule has 0 saturated heterocycles. The molecule has 1 aliphatic carbocycles. The Hall–Kier alpha value is -3.23. The highest BCUT2D eigenvalue weighted by Crippen LogP contribution is 2.32. The van der Waals surface area contributed by atoms with Crippen LogP contribution in [0, 0.1) is 0 Å². The zero-order valence-electron chi connectivity index (χ0n) is 14.1. The summed E-state index contributed by atoms with van der Waals surface area (Å²) in [6.07, 6.45) is 3.76. The van der Waals surface area contributed by atoms with Crippen LogP contribution in [0.4, 0.5) is 0 Å². The van der Waals surface area contributed by atoms with Gasteiger partial charge in [0.2, 0.25) is 0 Å². The van der Waals surface area contributed by atoms with Crippen molar-refractivity contribution in [2.45, 2.75) is 38.8 Å². The van der Waals surface area contributed by atoms with E-state index in [1.165, 1.54) is 21.4 Å². The second-order valence-corrected chi connectivity index (χ2v) is 6.36. The van der Waals surface area contributed by atoms with Crippen molar-refractivity contribution in [2.75, 3.05) is 0 Å². The first-order valence-corrected chi connectivity index (χ1v) is 8.46. The average Bonchev–Trinajstić information content (AvgIpc) is 3.35. The van der Waals surface area contributed by atoms with Gasteiger partial charge in [0.05, 0.1) is 0 Å². The molecule has 3 aromatic heterocycles. The van der Waals surface area contributed by atoms with E-state index in [1.807, 2.05) is 6.92 Å². The van der Waals surface area contributed by atoms with Crippen LogP contribution in [0.3, 0.4) is 0 Å². The monoisotopic (exact) mass is 355 g/mol. The van der Waals surface area contributed by atoms with Crippen LogP contribution >= 0.6 is 0 Å². The van der Waals surface area contributed by atoms with Crippen molar-refractivity contribution >= 4 is 17.1 Å². The molecule has 3 heterocycles. The van der Waals surface area contributed by atoms with Crippen LogP contribution in [0.5, 0.6) is 0 Å². The third-order valence-corrected chi connectivity index (χ3v) is 4.43. The van der Waals surface area contributed by atoms with Crippen LogP contribution in [0.15, 0.2) is 27.9 Å². The van der Waals surface area contributed by atoms with Gasteiger partial charge in [0.25, 0.3) is 5.56 Å². The number of aromatic amines is 1. The first-order valence-electron chi connectivity index (χ1n) is 8.46. The summed E-state index contributed by atoms with van der Waals surface area (Å²) in [4.78, 5) is 47.7. The van der Waals surface area contributed by atoms with Gasteiger partial charge in [-0.3, -0.25) is 13.9 Å². The maximum absolute atomic E-state index is 12.8. The SMILES string of the molecule is CCCn1c(=O)n(C2CC2)c(=O)c2[nH]c(-c3ccc(C(=O)O)nc3)nc21. The molecule has 26 heavy (non-hydrogen) atoms. The van der Waals surface area contributed by atoms with E-state index in [2.05, 4.69) is 15.0 Å². The van der Waals surface area contributed by atoms with Crippen LogP contribution in [0.25, 0.3) is 22.6 Å². The molecule has 0 aliphatic heterocycles. The lowest BCUT2D eigenvalue weighted by molar-refractivity contribution is 0.0690. The van der Waals surface area contributed by atoms with E-state index in [9.17, 15) is 14.4 Å². The normalized spacial score (nSPS) is 14.0. The number of fused-ring (bicyclic) bond motifs is 1. The number of carboxylic acids is 1. The summed E-state index contributed by atoms with van der Waals surface area (Å²) in [5, 5.41) is 8.94. The maximum Gasteiger partial charge on any atom is 0.354 e. The fraction of sp³-hybridized carbons (Fsp3) is 0.353. The third-order valence-electron chi connectivity index (χ3n) is 4.43. The number of nitrogens with one attached hydrogen (secondary N) is 1. The van der Waals surface area contributed by atoms with Crippen LogP contribution in [-0.2, 0) is 6.54 Å². The lowest BCUT2D eigenvalue weighted by Crippen LogP contribution is -2.39. The Bertz CT molecular complexity index is 1120. The maximum atomic E-state index is 12.8. The first kappa shape index (κ1) is 16.2. The fourth-order valence-electron chi connectivity index (χ4n) is 3.01. The molecule has 2 N–H and O–H groups in total. The lowest BCUT2D eigenvalue weighted by Gasteiger charge is -2.09. The number of aryl methyl sites for hydroxylation is 1. The molecule has 9 nitrogen and oxygen atoms in total. The summed E-state index contributed by atoms with van der Waals surface area (Å²) >= 11 is 0. The number of pyridine rings is 1. The van der Waals surface area contributed by atoms with Gasteiger partial charge in [-0.25, -0.2) is 19.6 Å². The summed E-state index contributed by atoms with van der Waals surface area (Å²) in [5.41, 5.74) is 0.360. The molecule has 1 saturated carbocycles. The summed E-state index contributed by atoms with van der Waals surface area (Å²) < 4.78 is 2.83. The molecule has 0 aromatic carbocycles. The smallest absolute Gasteiger partial charge is 0.354 e. The number of rotatable bonds is 5. The van der Waals surface area contributed by atoms with Gasteiger partial charge < -0.3 is 10.1 Å². The van der Waals surface area contributed by atoms with Gasteiger partial charge in [-0.15, -0.1) is 0 Å². The van der Waals surface area contributed by atoms with Crippen molar-refractivity contribution in [2.24, 2.45) is 0 Å². The Morgan fingerprint density at radius 1 is 1.35 bits per heavy atom. The second-order valence-electron chi connectivity index (χ2n) is 6.36. The zero-order chi connectivity index (χ0) is 18.4. The molecule has 1 fully saturated rings. The van der Waals surface area contributed by atoms with E-state index in [1.54, 1.807) is 6.07 Å². The van der Waals surface area contributed by atoms with Crippen LogP contribution in [0.1, 0.15) is 42.7 Å². The number of H-pyrrole nitrogens is 1. The highest BCUT2D eigenvalue weighted by Gasteiger charge is 2.29. The van der Waals surface area contributed by atoms with Gasteiger partial charge in [0.1, 0.15) is 17.0 Å². The highest BCUT2D eigenvalue weighted by atomic mass is 16.4. The molecule has 0 radical (unpaired) electrons. The highest BCUT2D eigenvalue weighted by molar-refractivity contribution is 5.85. The Kier molecular flexibility index (Phi) is 3.71. The molecule has 4 rings (SSSR count). The van der Waals surface area contributed by atoms with Gasteiger partial charge in [-0.2, -0.15) is 0 Å². The number of aromatic carboxylic acids is 1. The van der Waals surface area contributed by atoms with E-state index in [-0.39, 0.29) is 28.5 Å². The molecule has 0 spiro atoms.